The number of hydrogen-bond acceptors (Lipinski definition) is 5. The van der Waals surface area contributed by atoms with E-state index in [0.717, 1.165) is 11.0 Å². The molecule has 0 unspecified atom stereocenters. The highest BCUT2D eigenvalue weighted by atomic mass is 32.2. The summed E-state index contributed by atoms with van der Waals surface area (Å²) in [4.78, 5) is 38.6. The van der Waals surface area contributed by atoms with Crippen LogP contribution in [0.15, 0.2) is 59.5 Å². The molecule has 2 aliphatic rings. The second-order valence-electron chi connectivity index (χ2n) is 8.35. The number of aryl methyl sites for hydroxylation is 1. The molecule has 1 fully saturated rings. The van der Waals surface area contributed by atoms with Gasteiger partial charge >= 0.3 is 0 Å². The van der Waals surface area contributed by atoms with Crippen LogP contribution in [0.3, 0.4) is 0 Å². The van der Waals surface area contributed by atoms with Crippen LogP contribution < -0.4 is 10.0 Å². The van der Waals surface area contributed by atoms with Crippen molar-refractivity contribution in [3.8, 4) is 0 Å². The van der Waals surface area contributed by atoms with Gasteiger partial charge in [-0.25, -0.2) is 12.8 Å². The van der Waals surface area contributed by atoms with Gasteiger partial charge in [0.2, 0.25) is 17.7 Å². The van der Waals surface area contributed by atoms with E-state index in [1.54, 1.807) is 13.0 Å². The number of rotatable bonds is 7. The lowest BCUT2D eigenvalue weighted by atomic mass is 9.85. The molecular formula is C24H24FN3O5S. The highest BCUT2D eigenvalue weighted by molar-refractivity contribution is 7.92. The van der Waals surface area contributed by atoms with Crippen LogP contribution in [-0.2, 0) is 24.4 Å². The summed E-state index contributed by atoms with van der Waals surface area (Å²) >= 11 is 0. The molecule has 2 aromatic rings. The van der Waals surface area contributed by atoms with Gasteiger partial charge in [0.05, 0.1) is 22.4 Å². The SMILES string of the molecule is Cc1ccc(NC(=O)CCN2C(=O)[C@H]3CC=CC[C@@H]3C2=O)cc1S(=O)(=O)Nc1ccccc1F. The van der Waals surface area contributed by atoms with Crippen molar-refractivity contribution >= 4 is 39.1 Å². The van der Waals surface area contributed by atoms with Gasteiger partial charge in [-0.3, -0.25) is 24.0 Å². The smallest absolute Gasteiger partial charge is 0.262 e. The lowest BCUT2D eigenvalue weighted by Gasteiger charge is -2.15. The molecule has 0 aromatic heterocycles. The number of fused-ring (bicyclic) bond motifs is 1. The van der Waals surface area contributed by atoms with Gasteiger partial charge in [-0.15, -0.1) is 0 Å². The van der Waals surface area contributed by atoms with Crippen LogP contribution in [0.25, 0.3) is 0 Å². The molecule has 1 aliphatic heterocycles. The number of sulfonamides is 1. The van der Waals surface area contributed by atoms with E-state index in [1.165, 1.54) is 30.3 Å². The summed E-state index contributed by atoms with van der Waals surface area (Å²) in [6, 6.07) is 9.75. The predicted octanol–water partition coefficient (Wildman–Crippen LogP) is 3.21. The van der Waals surface area contributed by atoms with Crippen molar-refractivity contribution in [3.63, 3.8) is 0 Å². The van der Waals surface area contributed by atoms with Crippen LogP contribution in [0.5, 0.6) is 0 Å². The van der Waals surface area contributed by atoms with Crippen molar-refractivity contribution < 1.29 is 27.2 Å². The highest BCUT2D eigenvalue weighted by Crippen LogP contribution is 2.35. The third kappa shape index (κ3) is 4.72. The molecule has 1 heterocycles. The zero-order valence-electron chi connectivity index (χ0n) is 18.5. The molecule has 34 heavy (non-hydrogen) atoms. The maximum Gasteiger partial charge on any atom is 0.262 e. The summed E-state index contributed by atoms with van der Waals surface area (Å²) in [5.41, 5.74) is 0.444. The van der Waals surface area contributed by atoms with E-state index < -0.39 is 21.7 Å². The van der Waals surface area contributed by atoms with Crippen LogP contribution in [-0.4, -0.2) is 37.6 Å². The van der Waals surface area contributed by atoms with E-state index in [1.807, 2.05) is 12.2 Å². The summed E-state index contributed by atoms with van der Waals surface area (Å²) < 4.78 is 41.8. The summed E-state index contributed by atoms with van der Waals surface area (Å²) in [6.07, 6.45) is 4.73. The molecule has 0 spiro atoms. The Morgan fingerprint density at radius 3 is 2.35 bits per heavy atom. The molecule has 4 rings (SSSR count). The number of allylic oxidation sites excluding steroid dienone is 2. The van der Waals surface area contributed by atoms with Gasteiger partial charge in [0.1, 0.15) is 5.82 Å². The van der Waals surface area contributed by atoms with Gasteiger partial charge in [0, 0.05) is 18.7 Å². The minimum Gasteiger partial charge on any atom is -0.326 e. The number of para-hydroxylation sites is 1. The van der Waals surface area contributed by atoms with Crippen molar-refractivity contribution in [2.24, 2.45) is 11.8 Å². The lowest BCUT2D eigenvalue weighted by molar-refractivity contribution is -0.140. The van der Waals surface area contributed by atoms with E-state index >= 15 is 0 Å². The largest absolute Gasteiger partial charge is 0.326 e. The van der Waals surface area contributed by atoms with E-state index in [0.29, 0.717) is 18.4 Å². The monoisotopic (exact) mass is 485 g/mol. The fourth-order valence-electron chi connectivity index (χ4n) is 4.24. The number of carbonyl (C=O) groups is 3. The van der Waals surface area contributed by atoms with Gasteiger partial charge in [-0.05, 0) is 49.6 Å². The second kappa shape index (κ2) is 9.38. The Kier molecular flexibility index (Phi) is 6.52. The number of likely N-dealkylation sites (tertiary alicyclic amines) is 1. The molecule has 1 saturated heterocycles. The summed E-state index contributed by atoms with van der Waals surface area (Å²) in [5.74, 6) is -2.40. The standard InChI is InChI=1S/C24H24FN3O5S/c1-15-10-11-16(14-21(15)34(32,33)27-20-9-5-4-8-19(20)25)26-22(29)12-13-28-23(30)17-6-2-3-7-18(17)24(28)31/h2-5,8-11,14,17-18,27H,6-7,12-13H2,1H3,(H,26,29)/t17-,18-/m0/s1. The van der Waals surface area contributed by atoms with Crippen LogP contribution >= 0.6 is 0 Å². The van der Waals surface area contributed by atoms with Gasteiger partial charge in [0.15, 0.2) is 0 Å². The minimum atomic E-state index is -4.12. The molecule has 3 amide bonds. The molecule has 2 aromatic carbocycles. The number of nitrogens with zero attached hydrogens (tertiary/aromatic N) is 1. The third-order valence-electron chi connectivity index (χ3n) is 6.04. The average Bonchev–Trinajstić information content (AvgIpc) is 3.05. The summed E-state index contributed by atoms with van der Waals surface area (Å²) in [5, 5.41) is 2.61. The molecule has 0 saturated carbocycles. The fourth-order valence-corrected chi connectivity index (χ4v) is 5.58. The van der Waals surface area contributed by atoms with Crippen LogP contribution in [0.1, 0.15) is 24.8 Å². The number of amides is 3. The number of hydrogen-bond donors (Lipinski definition) is 2. The Hall–Kier alpha value is -3.53. The minimum absolute atomic E-state index is 0.0393. The van der Waals surface area contributed by atoms with Crippen LogP contribution in [0, 0.1) is 24.6 Å². The van der Waals surface area contributed by atoms with Gasteiger partial charge in [-0.1, -0.05) is 30.4 Å². The third-order valence-corrected chi connectivity index (χ3v) is 7.55. The van der Waals surface area contributed by atoms with E-state index in [4.69, 9.17) is 0 Å². The molecule has 0 bridgehead atoms. The Balaban J connectivity index is 1.42. The second-order valence-corrected chi connectivity index (χ2v) is 10.00. The van der Waals surface area contributed by atoms with Crippen molar-refractivity contribution in [3.05, 3.63) is 66.0 Å². The molecular weight excluding hydrogens is 461 g/mol. The van der Waals surface area contributed by atoms with Gasteiger partial charge in [0.25, 0.3) is 10.0 Å². The topological polar surface area (TPSA) is 113 Å². The lowest BCUT2D eigenvalue weighted by Crippen LogP contribution is -2.34. The summed E-state index contributed by atoms with van der Waals surface area (Å²) in [7, 11) is -4.12. The van der Waals surface area contributed by atoms with Crippen molar-refractivity contribution in [1.29, 1.82) is 0 Å². The number of benzene rings is 2. The normalized spacial score (nSPS) is 19.8. The fraction of sp³-hybridized carbons (Fsp3) is 0.292. The number of halogens is 1. The van der Waals surface area contributed by atoms with Crippen LogP contribution in [0.4, 0.5) is 15.8 Å². The Bertz CT molecular complexity index is 1270. The quantitative estimate of drug-likeness (QED) is 0.462. The maximum atomic E-state index is 13.9. The first-order valence-electron chi connectivity index (χ1n) is 10.9. The Labute approximate surface area is 196 Å². The number of nitrogens with one attached hydrogen (secondary N) is 2. The average molecular weight is 486 g/mol. The highest BCUT2D eigenvalue weighted by Gasteiger charge is 2.46. The predicted molar refractivity (Wildman–Crippen MR) is 124 cm³/mol. The van der Waals surface area contributed by atoms with E-state index in [2.05, 4.69) is 10.0 Å². The number of carbonyl (C=O) groups excluding carboxylic acids is 3. The van der Waals surface area contributed by atoms with Gasteiger partial charge in [-0.2, -0.15) is 0 Å². The van der Waals surface area contributed by atoms with Crippen molar-refractivity contribution in [1.82, 2.24) is 4.90 Å². The first kappa shape index (κ1) is 23.6. The zero-order chi connectivity index (χ0) is 24.5. The Morgan fingerprint density at radius 1 is 1.06 bits per heavy atom. The van der Waals surface area contributed by atoms with Crippen molar-refractivity contribution in [2.75, 3.05) is 16.6 Å². The molecule has 2 atom stereocenters. The summed E-state index contributed by atoms with van der Waals surface area (Å²) in [6.45, 7) is 1.54. The molecule has 2 N–H and O–H groups in total. The first-order valence-corrected chi connectivity index (χ1v) is 12.3. The number of anilines is 2. The van der Waals surface area contributed by atoms with E-state index in [-0.39, 0.29) is 52.9 Å². The molecule has 8 nitrogen and oxygen atoms in total. The molecule has 10 heteroatoms. The Morgan fingerprint density at radius 2 is 1.71 bits per heavy atom. The first-order chi connectivity index (χ1) is 16.2. The zero-order valence-corrected chi connectivity index (χ0v) is 19.3. The molecule has 178 valence electrons. The maximum absolute atomic E-state index is 13.9. The van der Waals surface area contributed by atoms with Crippen molar-refractivity contribution in [2.45, 2.75) is 31.1 Å². The molecule has 0 radical (unpaired) electrons. The van der Waals surface area contributed by atoms with Gasteiger partial charge < -0.3 is 5.32 Å². The molecule has 1 aliphatic carbocycles. The van der Waals surface area contributed by atoms with E-state index in [9.17, 15) is 27.2 Å². The number of imide groups is 1. The van der Waals surface area contributed by atoms with Crippen LogP contribution in [0.2, 0.25) is 0 Å².